The van der Waals surface area contributed by atoms with Crippen LogP contribution in [0.4, 0.5) is 0 Å². The Balaban J connectivity index is 1.57. The molecule has 1 aromatic heterocycles. The van der Waals surface area contributed by atoms with E-state index in [1.165, 1.54) is 7.11 Å². The highest BCUT2D eigenvalue weighted by Crippen LogP contribution is 2.42. The molecule has 1 aromatic carbocycles. The molecule has 0 fully saturated rings. The number of esters is 1. The van der Waals surface area contributed by atoms with Gasteiger partial charge in [0, 0.05) is 29.9 Å². The molecule has 0 spiro atoms. The molecule has 0 atom stereocenters. The number of ether oxygens (including phenoxy) is 2. The number of cyclic esters (lactones) is 1. The Bertz CT molecular complexity index is 1000. The standard InChI is InChI=1S/C23H26N2O6/c1-14(7-9-19(26)25-31-12-16-5-4-10-24-11-16)6-8-17-21(27)20-18(13-30-23(20)28)15(2)22(17)29-3/h4-6,10-11,27H,7-9,12-13H2,1-3H3,(H,25,26)/b14-6+. The molecular formula is C23H26N2O6. The van der Waals surface area contributed by atoms with Crippen LogP contribution in [-0.4, -0.2) is 29.1 Å². The number of aromatic nitrogens is 1. The van der Waals surface area contributed by atoms with E-state index in [-0.39, 0.29) is 36.9 Å². The average Bonchev–Trinajstić information content (AvgIpc) is 3.16. The van der Waals surface area contributed by atoms with Crippen molar-refractivity contribution < 1.29 is 29.0 Å². The Kier molecular flexibility index (Phi) is 7.25. The molecule has 2 aromatic rings. The van der Waals surface area contributed by atoms with Gasteiger partial charge in [0.25, 0.3) is 0 Å². The highest BCUT2D eigenvalue weighted by atomic mass is 16.6. The monoisotopic (exact) mass is 426 g/mol. The van der Waals surface area contributed by atoms with Crippen molar-refractivity contribution in [2.45, 2.75) is 46.3 Å². The first-order chi connectivity index (χ1) is 14.9. The van der Waals surface area contributed by atoms with Crippen LogP contribution in [-0.2, 0) is 34.0 Å². The molecule has 3 rings (SSSR count). The van der Waals surface area contributed by atoms with Gasteiger partial charge < -0.3 is 14.6 Å². The van der Waals surface area contributed by atoms with Crippen molar-refractivity contribution in [2.24, 2.45) is 0 Å². The van der Waals surface area contributed by atoms with Crippen LogP contribution in [0, 0.1) is 6.92 Å². The number of nitrogens with zero attached hydrogens (tertiary/aromatic N) is 1. The lowest BCUT2D eigenvalue weighted by Gasteiger charge is -2.15. The number of rotatable bonds is 9. The number of nitrogens with one attached hydrogen (secondary N) is 1. The number of benzene rings is 1. The third-order valence-corrected chi connectivity index (χ3v) is 5.20. The summed E-state index contributed by atoms with van der Waals surface area (Å²) in [6.45, 7) is 4.13. The Labute approximate surface area is 180 Å². The number of phenolic OH excluding ortho intramolecular Hbond substituents is 1. The molecule has 1 aliphatic heterocycles. The average molecular weight is 426 g/mol. The van der Waals surface area contributed by atoms with Crippen molar-refractivity contribution in [1.82, 2.24) is 10.5 Å². The molecule has 2 N–H and O–H groups in total. The van der Waals surface area contributed by atoms with Crippen LogP contribution < -0.4 is 10.2 Å². The number of carbonyl (C=O) groups excluding carboxylic acids is 2. The van der Waals surface area contributed by atoms with Gasteiger partial charge >= 0.3 is 5.97 Å². The number of carbonyl (C=O) groups is 2. The quantitative estimate of drug-likeness (QED) is 0.360. The largest absolute Gasteiger partial charge is 0.507 e. The van der Waals surface area contributed by atoms with E-state index in [4.69, 9.17) is 14.3 Å². The Morgan fingerprint density at radius 3 is 2.90 bits per heavy atom. The van der Waals surface area contributed by atoms with Gasteiger partial charge in [0.05, 0.1) is 7.11 Å². The predicted molar refractivity (Wildman–Crippen MR) is 112 cm³/mol. The minimum atomic E-state index is -0.525. The van der Waals surface area contributed by atoms with Gasteiger partial charge in [-0.15, -0.1) is 0 Å². The Morgan fingerprint density at radius 1 is 1.39 bits per heavy atom. The summed E-state index contributed by atoms with van der Waals surface area (Å²) in [5, 5.41) is 10.6. The van der Waals surface area contributed by atoms with Crippen LogP contribution in [0.1, 0.15) is 52.4 Å². The lowest BCUT2D eigenvalue weighted by atomic mass is 9.94. The summed E-state index contributed by atoms with van der Waals surface area (Å²) in [6.07, 6.45) is 6.39. The fourth-order valence-corrected chi connectivity index (χ4v) is 3.45. The van der Waals surface area contributed by atoms with Crippen molar-refractivity contribution in [3.63, 3.8) is 0 Å². The van der Waals surface area contributed by atoms with E-state index in [0.717, 1.165) is 16.7 Å². The van der Waals surface area contributed by atoms with Crippen LogP contribution in [0.2, 0.25) is 0 Å². The van der Waals surface area contributed by atoms with Gasteiger partial charge in [0.1, 0.15) is 30.3 Å². The predicted octanol–water partition coefficient (Wildman–Crippen LogP) is 3.29. The second-order valence-electron chi connectivity index (χ2n) is 7.34. The Morgan fingerprint density at radius 2 is 2.19 bits per heavy atom. The molecule has 0 bridgehead atoms. The highest BCUT2D eigenvalue weighted by molar-refractivity contribution is 5.98. The topological polar surface area (TPSA) is 107 Å². The lowest BCUT2D eigenvalue weighted by Crippen LogP contribution is -2.23. The maximum absolute atomic E-state index is 12.0. The summed E-state index contributed by atoms with van der Waals surface area (Å²) in [6, 6.07) is 3.66. The highest BCUT2D eigenvalue weighted by Gasteiger charge is 2.31. The van der Waals surface area contributed by atoms with Gasteiger partial charge in [0.2, 0.25) is 5.91 Å². The number of methoxy groups -OCH3 is 1. The zero-order valence-electron chi connectivity index (χ0n) is 17.9. The van der Waals surface area contributed by atoms with Crippen LogP contribution in [0.3, 0.4) is 0 Å². The SMILES string of the molecule is COc1c(C)c2c(c(O)c1C/C=C(\C)CCC(=O)NOCc1cccnc1)C(=O)OC2. The normalized spacial score (nSPS) is 13.0. The van der Waals surface area contributed by atoms with E-state index in [1.54, 1.807) is 18.5 Å². The zero-order valence-corrected chi connectivity index (χ0v) is 17.9. The van der Waals surface area contributed by atoms with Crippen molar-refractivity contribution >= 4 is 11.9 Å². The van der Waals surface area contributed by atoms with E-state index in [1.807, 2.05) is 26.0 Å². The van der Waals surface area contributed by atoms with E-state index < -0.39 is 5.97 Å². The number of amides is 1. The second-order valence-corrected chi connectivity index (χ2v) is 7.34. The van der Waals surface area contributed by atoms with E-state index in [0.29, 0.717) is 29.7 Å². The second kappa shape index (κ2) is 10.1. The molecule has 164 valence electrons. The minimum absolute atomic E-state index is 0.106. The van der Waals surface area contributed by atoms with Crippen molar-refractivity contribution in [2.75, 3.05) is 7.11 Å². The van der Waals surface area contributed by atoms with Crippen LogP contribution in [0.25, 0.3) is 0 Å². The lowest BCUT2D eigenvalue weighted by molar-refractivity contribution is -0.134. The van der Waals surface area contributed by atoms with E-state index in [2.05, 4.69) is 10.5 Å². The molecule has 8 heteroatoms. The molecule has 31 heavy (non-hydrogen) atoms. The smallest absolute Gasteiger partial charge is 0.342 e. The number of pyridine rings is 1. The van der Waals surface area contributed by atoms with Gasteiger partial charge in [-0.2, -0.15) is 0 Å². The molecule has 8 nitrogen and oxygen atoms in total. The maximum Gasteiger partial charge on any atom is 0.342 e. The van der Waals surface area contributed by atoms with Gasteiger partial charge in [-0.25, -0.2) is 10.3 Å². The molecule has 1 aliphatic rings. The van der Waals surface area contributed by atoms with E-state index >= 15 is 0 Å². The molecule has 1 amide bonds. The number of hydroxylamine groups is 1. The van der Waals surface area contributed by atoms with E-state index in [9.17, 15) is 14.7 Å². The van der Waals surface area contributed by atoms with Crippen molar-refractivity contribution in [3.05, 3.63) is 64.0 Å². The summed E-state index contributed by atoms with van der Waals surface area (Å²) in [5.41, 5.74) is 6.43. The number of hydrogen-bond acceptors (Lipinski definition) is 7. The number of fused-ring (bicyclic) bond motifs is 1. The van der Waals surface area contributed by atoms with Crippen LogP contribution in [0.15, 0.2) is 36.2 Å². The molecule has 0 unspecified atom stereocenters. The number of allylic oxidation sites excluding steroid dienone is 2. The van der Waals surface area contributed by atoms with Gasteiger partial charge in [-0.05, 0) is 43.9 Å². The minimum Gasteiger partial charge on any atom is -0.507 e. The van der Waals surface area contributed by atoms with Crippen LogP contribution in [0.5, 0.6) is 11.5 Å². The maximum atomic E-state index is 12.0. The van der Waals surface area contributed by atoms with Gasteiger partial charge in [0.15, 0.2) is 0 Å². The zero-order chi connectivity index (χ0) is 22.4. The fraction of sp³-hybridized carbons (Fsp3) is 0.348. The number of aromatic hydroxyl groups is 1. The summed E-state index contributed by atoms with van der Waals surface area (Å²) >= 11 is 0. The fourth-order valence-electron chi connectivity index (χ4n) is 3.45. The summed E-state index contributed by atoms with van der Waals surface area (Å²) in [7, 11) is 1.53. The first-order valence-corrected chi connectivity index (χ1v) is 9.95. The van der Waals surface area contributed by atoms with Crippen LogP contribution >= 0.6 is 0 Å². The first kappa shape index (κ1) is 22.3. The third kappa shape index (κ3) is 5.21. The van der Waals surface area contributed by atoms with Gasteiger partial charge in [-0.3, -0.25) is 14.6 Å². The van der Waals surface area contributed by atoms with Gasteiger partial charge in [-0.1, -0.05) is 17.7 Å². The molecule has 0 radical (unpaired) electrons. The molecular weight excluding hydrogens is 400 g/mol. The van der Waals surface area contributed by atoms with Crippen molar-refractivity contribution in [1.29, 1.82) is 0 Å². The molecule has 0 saturated heterocycles. The Hall–Kier alpha value is -3.39. The van der Waals surface area contributed by atoms with Crippen molar-refractivity contribution in [3.8, 4) is 11.5 Å². The summed E-state index contributed by atoms with van der Waals surface area (Å²) in [4.78, 5) is 33.2. The first-order valence-electron chi connectivity index (χ1n) is 9.95. The molecule has 0 aliphatic carbocycles. The molecule has 0 saturated carbocycles. The molecule has 2 heterocycles. The summed E-state index contributed by atoms with van der Waals surface area (Å²) < 4.78 is 10.5. The number of phenols is 1. The third-order valence-electron chi connectivity index (χ3n) is 5.20. The summed E-state index contributed by atoms with van der Waals surface area (Å²) in [5.74, 6) is -0.318. The number of hydrogen-bond donors (Lipinski definition) is 2.